The van der Waals surface area contributed by atoms with Crippen LogP contribution < -0.4 is 10.6 Å². The molecule has 34 heavy (non-hydrogen) atoms. The van der Waals surface area contributed by atoms with Crippen LogP contribution in [0, 0.1) is 6.92 Å². The number of rotatable bonds is 7. The molecule has 10 heteroatoms. The molecule has 0 saturated heterocycles. The zero-order valence-corrected chi connectivity index (χ0v) is 19.3. The van der Waals surface area contributed by atoms with E-state index in [1.54, 1.807) is 6.92 Å². The van der Waals surface area contributed by atoms with Gasteiger partial charge in [-0.05, 0) is 36.1 Å². The average molecular weight is 482 g/mol. The third-order valence-electron chi connectivity index (χ3n) is 5.61. The number of carbonyl (C=O) groups excluding carboxylic acids is 2. The average Bonchev–Trinajstić information content (AvgIpc) is 3.33. The van der Waals surface area contributed by atoms with E-state index in [9.17, 15) is 19.5 Å². The number of aryl methyl sites for hydroxylation is 1. The Labute approximate surface area is 199 Å². The summed E-state index contributed by atoms with van der Waals surface area (Å²) in [5.74, 6) is -2.14. The second-order valence-electron chi connectivity index (χ2n) is 8.15. The molecule has 0 fully saturated rings. The highest BCUT2D eigenvalue weighted by Crippen LogP contribution is 2.44. The summed E-state index contributed by atoms with van der Waals surface area (Å²) < 4.78 is 5.49. The van der Waals surface area contributed by atoms with Crippen molar-refractivity contribution in [1.82, 2.24) is 10.3 Å². The lowest BCUT2D eigenvalue weighted by atomic mass is 9.98. The molecule has 2 aromatic carbocycles. The molecule has 1 aromatic heterocycles. The van der Waals surface area contributed by atoms with E-state index in [1.807, 2.05) is 36.4 Å². The fourth-order valence-electron chi connectivity index (χ4n) is 3.79. The van der Waals surface area contributed by atoms with Crippen LogP contribution in [0.2, 0.25) is 0 Å². The molecule has 1 atom stereocenters. The van der Waals surface area contributed by atoms with Crippen LogP contribution in [0.15, 0.2) is 48.5 Å². The molecule has 2 amide bonds. The van der Waals surface area contributed by atoms with Crippen molar-refractivity contribution >= 4 is 34.4 Å². The molecule has 0 aliphatic heterocycles. The van der Waals surface area contributed by atoms with Gasteiger partial charge in [0.1, 0.15) is 11.5 Å². The summed E-state index contributed by atoms with van der Waals surface area (Å²) in [6, 6.07) is 16.0. The van der Waals surface area contributed by atoms with Gasteiger partial charge in [0.05, 0.1) is 12.2 Å². The van der Waals surface area contributed by atoms with E-state index in [0.717, 1.165) is 40.5 Å². The number of hydrogen-bond donors (Lipinski definition) is 4. The molecule has 0 saturated carbocycles. The number of carbonyl (C=O) groups is 3. The number of benzene rings is 2. The first-order valence-corrected chi connectivity index (χ1v) is 11.3. The molecule has 1 aliphatic rings. The lowest BCUT2D eigenvalue weighted by Crippen LogP contribution is -2.46. The van der Waals surface area contributed by atoms with Crippen molar-refractivity contribution in [3.05, 3.63) is 70.2 Å². The maximum absolute atomic E-state index is 12.5. The monoisotopic (exact) mass is 481 g/mol. The molecule has 3 aromatic rings. The summed E-state index contributed by atoms with van der Waals surface area (Å²) in [5, 5.41) is 23.8. The molecule has 0 spiro atoms. The third-order valence-corrected chi connectivity index (χ3v) is 6.68. The third kappa shape index (κ3) is 4.63. The zero-order chi connectivity index (χ0) is 24.5. The molecule has 9 nitrogen and oxygen atoms in total. The summed E-state index contributed by atoms with van der Waals surface area (Å²) in [6.07, 6.45) is -0.698. The van der Waals surface area contributed by atoms with Crippen LogP contribution in [0.4, 0.5) is 9.93 Å². The molecule has 1 heterocycles. The minimum absolute atomic E-state index is 0.0838. The smallest absolute Gasteiger partial charge is 0.413 e. The Hall–Kier alpha value is -3.76. The predicted octanol–water partition coefficient (Wildman–Crippen LogP) is 3.38. The first-order valence-electron chi connectivity index (χ1n) is 10.5. The van der Waals surface area contributed by atoms with Gasteiger partial charge in [-0.2, -0.15) is 0 Å². The van der Waals surface area contributed by atoms with Crippen molar-refractivity contribution in [2.75, 3.05) is 18.5 Å². The maximum atomic E-state index is 12.5. The van der Waals surface area contributed by atoms with E-state index in [0.29, 0.717) is 5.69 Å². The van der Waals surface area contributed by atoms with Crippen LogP contribution in [0.3, 0.4) is 0 Å². The SMILES string of the molecule is Cc1nc(NC(=O)OCC2c3ccccc3-c3ccccc32)sc1C(=O)NCC(C)(O)C(=O)O. The van der Waals surface area contributed by atoms with Gasteiger partial charge in [-0.1, -0.05) is 59.9 Å². The Morgan fingerprint density at radius 2 is 1.68 bits per heavy atom. The Morgan fingerprint density at radius 1 is 1.09 bits per heavy atom. The number of aliphatic hydroxyl groups is 1. The molecule has 4 rings (SSSR count). The first-order chi connectivity index (χ1) is 16.2. The van der Waals surface area contributed by atoms with Gasteiger partial charge in [0, 0.05) is 5.92 Å². The van der Waals surface area contributed by atoms with E-state index in [-0.39, 0.29) is 22.5 Å². The van der Waals surface area contributed by atoms with Gasteiger partial charge in [-0.3, -0.25) is 10.1 Å². The number of anilines is 1. The molecule has 176 valence electrons. The maximum Gasteiger partial charge on any atom is 0.413 e. The summed E-state index contributed by atoms with van der Waals surface area (Å²) in [4.78, 5) is 40.2. The Bertz CT molecular complexity index is 1220. The van der Waals surface area contributed by atoms with Gasteiger partial charge in [0.15, 0.2) is 10.7 Å². The number of carboxylic acids is 1. The Morgan fingerprint density at radius 3 is 2.26 bits per heavy atom. The number of nitrogens with zero attached hydrogens (tertiary/aromatic N) is 1. The summed E-state index contributed by atoms with van der Waals surface area (Å²) in [7, 11) is 0. The summed E-state index contributed by atoms with van der Waals surface area (Å²) in [6.45, 7) is 2.33. The highest BCUT2D eigenvalue weighted by atomic mass is 32.1. The normalized spacial score (nSPS) is 14.0. The van der Waals surface area contributed by atoms with Gasteiger partial charge < -0.3 is 20.3 Å². The van der Waals surface area contributed by atoms with Gasteiger partial charge in [0.25, 0.3) is 5.91 Å². The van der Waals surface area contributed by atoms with Crippen LogP contribution in [0.25, 0.3) is 11.1 Å². The van der Waals surface area contributed by atoms with Crippen LogP contribution >= 0.6 is 11.3 Å². The topological polar surface area (TPSA) is 138 Å². The number of aromatic nitrogens is 1. The van der Waals surface area contributed by atoms with Crippen molar-refractivity contribution in [2.45, 2.75) is 25.4 Å². The van der Waals surface area contributed by atoms with Gasteiger partial charge in [-0.15, -0.1) is 0 Å². The van der Waals surface area contributed by atoms with E-state index >= 15 is 0 Å². The fraction of sp³-hybridized carbons (Fsp3) is 0.250. The minimum Gasteiger partial charge on any atom is -0.479 e. The number of carboxylic acid groups (broad SMARTS) is 1. The van der Waals surface area contributed by atoms with Crippen LogP contribution in [0.5, 0.6) is 0 Å². The van der Waals surface area contributed by atoms with Crippen molar-refractivity contribution in [3.63, 3.8) is 0 Å². The predicted molar refractivity (Wildman–Crippen MR) is 126 cm³/mol. The number of ether oxygens (including phenoxy) is 1. The fourth-order valence-corrected chi connectivity index (χ4v) is 4.66. The molecular weight excluding hydrogens is 458 g/mol. The molecule has 4 N–H and O–H groups in total. The zero-order valence-electron chi connectivity index (χ0n) is 18.5. The summed E-state index contributed by atoms with van der Waals surface area (Å²) in [5.41, 5.74) is 2.69. The number of aliphatic carboxylic acids is 1. The largest absolute Gasteiger partial charge is 0.479 e. The van der Waals surface area contributed by atoms with Crippen LogP contribution in [0.1, 0.15) is 39.3 Å². The molecule has 0 radical (unpaired) electrons. The number of hydrogen-bond acceptors (Lipinski definition) is 7. The molecular formula is C24H23N3O6S. The number of amides is 2. The van der Waals surface area contributed by atoms with Crippen molar-refractivity contribution in [1.29, 1.82) is 0 Å². The standard InChI is InChI=1S/C24H23N3O6S/c1-13-19(20(28)25-12-24(2,32)21(29)30)34-22(26-13)27-23(31)33-11-18-16-9-5-3-7-14(16)15-8-4-6-10-17(15)18/h3-10,18,32H,11-12H2,1-2H3,(H,25,28)(H,29,30)(H,26,27,31). The van der Waals surface area contributed by atoms with E-state index in [1.165, 1.54) is 0 Å². The lowest BCUT2D eigenvalue weighted by Gasteiger charge is -2.17. The molecule has 1 aliphatic carbocycles. The molecule has 0 bridgehead atoms. The van der Waals surface area contributed by atoms with Crippen LogP contribution in [-0.2, 0) is 9.53 Å². The Kier molecular flexibility index (Phi) is 6.36. The van der Waals surface area contributed by atoms with Crippen molar-refractivity contribution in [3.8, 4) is 11.1 Å². The highest BCUT2D eigenvalue weighted by Gasteiger charge is 2.31. The highest BCUT2D eigenvalue weighted by molar-refractivity contribution is 7.17. The Balaban J connectivity index is 1.38. The quantitative estimate of drug-likeness (QED) is 0.406. The van der Waals surface area contributed by atoms with Crippen LogP contribution in [-0.4, -0.2) is 51.9 Å². The van der Waals surface area contributed by atoms with E-state index in [2.05, 4.69) is 27.8 Å². The minimum atomic E-state index is -2.10. The number of fused-ring (bicyclic) bond motifs is 3. The summed E-state index contributed by atoms with van der Waals surface area (Å²) >= 11 is 0.926. The number of nitrogens with one attached hydrogen (secondary N) is 2. The van der Waals surface area contributed by atoms with Gasteiger partial charge in [0.2, 0.25) is 0 Å². The van der Waals surface area contributed by atoms with E-state index in [4.69, 9.17) is 9.84 Å². The lowest BCUT2D eigenvalue weighted by molar-refractivity contribution is -0.155. The van der Waals surface area contributed by atoms with Crippen molar-refractivity contribution < 1.29 is 29.3 Å². The van der Waals surface area contributed by atoms with Gasteiger partial charge in [-0.25, -0.2) is 14.6 Å². The number of thiazole rings is 1. The second kappa shape index (κ2) is 9.24. The van der Waals surface area contributed by atoms with Gasteiger partial charge >= 0.3 is 12.1 Å². The first kappa shape index (κ1) is 23.4. The molecule has 1 unspecified atom stereocenters. The van der Waals surface area contributed by atoms with Crippen molar-refractivity contribution in [2.24, 2.45) is 0 Å². The van der Waals surface area contributed by atoms with E-state index < -0.39 is 30.1 Å². The second-order valence-corrected chi connectivity index (χ2v) is 9.14.